The van der Waals surface area contributed by atoms with Crippen molar-refractivity contribution in [2.24, 2.45) is 0 Å². The predicted octanol–water partition coefficient (Wildman–Crippen LogP) is 4.62. The molecule has 0 aliphatic carbocycles. The summed E-state index contributed by atoms with van der Waals surface area (Å²) in [5.74, 6) is 0. The number of pyridine rings is 1. The summed E-state index contributed by atoms with van der Waals surface area (Å²) in [5.41, 5.74) is 2.21. The van der Waals surface area contributed by atoms with Crippen LogP contribution in [0.1, 0.15) is 11.1 Å². The number of halogens is 1. The third kappa shape index (κ3) is 3.36. The molecule has 0 saturated heterocycles. The number of carbonyl (C=O) groups is 1. The van der Waals surface area contributed by atoms with E-state index in [1.165, 1.54) is 6.20 Å². The molecule has 6 heteroatoms. The Kier molecular flexibility index (Phi) is 4.73. The van der Waals surface area contributed by atoms with Crippen LogP contribution in [0.3, 0.4) is 0 Å². The van der Waals surface area contributed by atoms with E-state index >= 15 is 0 Å². The van der Waals surface area contributed by atoms with Crippen LogP contribution >= 0.6 is 15.9 Å². The van der Waals surface area contributed by atoms with E-state index in [2.05, 4.69) is 26.2 Å². The van der Waals surface area contributed by atoms with E-state index in [-0.39, 0.29) is 12.2 Å². The van der Waals surface area contributed by atoms with Gasteiger partial charge in [-0.25, -0.2) is 4.79 Å². The highest BCUT2D eigenvalue weighted by atomic mass is 79.9. The highest BCUT2D eigenvalue weighted by molar-refractivity contribution is 9.10. The van der Waals surface area contributed by atoms with Gasteiger partial charge in [-0.1, -0.05) is 42.5 Å². The Labute approximate surface area is 147 Å². The van der Waals surface area contributed by atoms with Gasteiger partial charge in [0.2, 0.25) is 0 Å². The second-order valence-corrected chi connectivity index (χ2v) is 5.84. The molecule has 2 aromatic carbocycles. The largest absolute Gasteiger partial charge is 0.444 e. The van der Waals surface area contributed by atoms with E-state index in [1.807, 2.05) is 48.5 Å². The Balaban J connectivity index is 1.85. The molecule has 0 radical (unpaired) electrons. The van der Waals surface area contributed by atoms with Gasteiger partial charge in [0.25, 0.3) is 0 Å². The lowest BCUT2D eigenvalue weighted by Crippen LogP contribution is -2.15. The topological polar surface area (TPSA) is 75.0 Å². The first kappa shape index (κ1) is 16.0. The van der Waals surface area contributed by atoms with Crippen LogP contribution in [0.5, 0.6) is 0 Å². The second kappa shape index (κ2) is 7.11. The van der Waals surface area contributed by atoms with Gasteiger partial charge in [0.05, 0.1) is 16.8 Å². The zero-order chi connectivity index (χ0) is 16.9. The van der Waals surface area contributed by atoms with E-state index in [0.717, 1.165) is 10.0 Å². The number of rotatable bonds is 3. The molecule has 1 heterocycles. The fourth-order valence-electron chi connectivity index (χ4n) is 2.27. The first-order valence-electron chi connectivity index (χ1n) is 7.14. The molecule has 0 aliphatic heterocycles. The molecule has 5 nitrogen and oxygen atoms in total. The maximum atomic E-state index is 12.1. The molecule has 0 atom stereocenters. The zero-order valence-electron chi connectivity index (χ0n) is 12.5. The molecule has 3 rings (SSSR count). The summed E-state index contributed by atoms with van der Waals surface area (Å²) in [6, 6.07) is 16.9. The number of carbonyl (C=O) groups excluding carboxylic acids is 1. The highest BCUT2D eigenvalue weighted by Crippen LogP contribution is 2.30. The van der Waals surface area contributed by atoms with Crippen molar-refractivity contribution in [3.05, 3.63) is 70.3 Å². The van der Waals surface area contributed by atoms with Gasteiger partial charge in [0.15, 0.2) is 0 Å². The second-order valence-electron chi connectivity index (χ2n) is 4.98. The molecular weight excluding hydrogens is 370 g/mol. The number of nitrogens with zero attached hydrogens (tertiary/aromatic N) is 2. The molecule has 3 aromatic rings. The number of anilines is 1. The summed E-state index contributed by atoms with van der Waals surface area (Å²) in [6.07, 6.45) is 0.808. The molecule has 0 bridgehead atoms. The minimum absolute atomic E-state index is 0.154. The summed E-state index contributed by atoms with van der Waals surface area (Å²) >= 11 is 3.42. The van der Waals surface area contributed by atoms with Gasteiger partial charge < -0.3 is 4.74 Å². The number of hydrogen-bond donors (Lipinski definition) is 1. The fourth-order valence-corrected chi connectivity index (χ4v) is 2.74. The molecule has 0 saturated carbocycles. The van der Waals surface area contributed by atoms with Gasteiger partial charge in [-0.15, -0.1) is 0 Å². The number of hydrogen-bond acceptors (Lipinski definition) is 4. The van der Waals surface area contributed by atoms with Crippen molar-refractivity contribution < 1.29 is 9.53 Å². The van der Waals surface area contributed by atoms with Crippen LogP contribution in [0, 0.1) is 11.3 Å². The van der Waals surface area contributed by atoms with E-state index in [4.69, 9.17) is 4.74 Å². The standard InChI is InChI=1S/C18H12BrN3O2/c19-15-8-4-7-14-16(13(9-20)10-21-17(14)15)22-18(23)24-11-12-5-2-1-3-6-12/h1-8,10H,11H2,(H,21,22,23). The first-order chi connectivity index (χ1) is 11.7. The molecule has 118 valence electrons. The van der Waals surface area contributed by atoms with Gasteiger partial charge >= 0.3 is 6.09 Å². The number of amides is 1. The lowest BCUT2D eigenvalue weighted by molar-refractivity contribution is 0.155. The maximum absolute atomic E-state index is 12.1. The maximum Gasteiger partial charge on any atom is 0.412 e. The van der Waals surface area contributed by atoms with Crippen molar-refractivity contribution >= 4 is 38.6 Å². The van der Waals surface area contributed by atoms with Crippen LogP contribution in [0.25, 0.3) is 10.9 Å². The van der Waals surface area contributed by atoms with Crippen LogP contribution < -0.4 is 5.32 Å². The average molecular weight is 382 g/mol. The number of benzene rings is 2. The van der Waals surface area contributed by atoms with Crippen LogP contribution in [-0.4, -0.2) is 11.1 Å². The minimum atomic E-state index is -0.622. The number of fused-ring (bicyclic) bond motifs is 1. The van der Waals surface area contributed by atoms with Gasteiger partial charge in [0.1, 0.15) is 12.7 Å². The first-order valence-corrected chi connectivity index (χ1v) is 7.93. The monoisotopic (exact) mass is 381 g/mol. The quantitative estimate of drug-likeness (QED) is 0.718. The normalized spacial score (nSPS) is 10.2. The van der Waals surface area contributed by atoms with Gasteiger partial charge in [-0.05, 0) is 27.6 Å². The Morgan fingerprint density at radius 2 is 2.00 bits per heavy atom. The molecule has 0 unspecified atom stereocenters. The third-order valence-electron chi connectivity index (χ3n) is 3.41. The van der Waals surface area contributed by atoms with Crippen molar-refractivity contribution in [3.63, 3.8) is 0 Å². The van der Waals surface area contributed by atoms with Crippen molar-refractivity contribution in [2.75, 3.05) is 5.32 Å². The third-order valence-corrected chi connectivity index (χ3v) is 4.05. The lowest BCUT2D eigenvalue weighted by atomic mass is 10.1. The molecule has 1 N–H and O–H groups in total. The predicted molar refractivity (Wildman–Crippen MR) is 94.4 cm³/mol. The number of nitriles is 1. The summed E-state index contributed by atoms with van der Waals surface area (Å²) in [7, 11) is 0. The van der Waals surface area contributed by atoms with Crippen LogP contribution in [0.15, 0.2) is 59.2 Å². The Morgan fingerprint density at radius 3 is 2.75 bits per heavy atom. The SMILES string of the molecule is N#Cc1cnc2c(Br)cccc2c1NC(=O)OCc1ccccc1. The Hall–Kier alpha value is -2.91. The molecular formula is C18H12BrN3O2. The van der Waals surface area contributed by atoms with E-state index in [0.29, 0.717) is 16.6 Å². The van der Waals surface area contributed by atoms with Crippen LogP contribution in [0.2, 0.25) is 0 Å². The summed E-state index contributed by atoms with van der Waals surface area (Å²) in [4.78, 5) is 16.4. The van der Waals surface area contributed by atoms with Crippen molar-refractivity contribution in [3.8, 4) is 6.07 Å². The van der Waals surface area contributed by atoms with Crippen molar-refractivity contribution in [2.45, 2.75) is 6.61 Å². The number of nitrogens with one attached hydrogen (secondary N) is 1. The molecule has 0 spiro atoms. The Morgan fingerprint density at radius 1 is 1.21 bits per heavy atom. The lowest BCUT2D eigenvalue weighted by Gasteiger charge is -2.11. The molecule has 1 amide bonds. The van der Waals surface area contributed by atoms with Gasteiger partial charge in [0, 0.05) is 16.1 Å². The van der Waals surface area contributed by atoms with E-state index < -0.39 is 6.09 Å². The fraction of sp³-hybridized carbons (Fsp3) is 0.0556. The van der Waals surface area contributed by atoms with Crippen molar-refractivity contribution in [1.82, 2.24) is 4.98 Å². The number of aromatic nitrogens is 1. The van der Waals surface area contributed by atoms with Gasteiger partial charge in [-0.2, -0.15) is 5.26 Å². The number of para-hydroxylation sites is 1. The van der Waals surface area contributed by atoms with E-state index in [1.54, 1.807) is 6.07 Å². The zero-order valence-corrected chi connectivity index (χ0v) is 14.1. The molecule has 24 heavy (non-hydrogen) atoms. The minimum Gasteiger partial charge on any atom is -0.444 e. The molecule has 1 aromatic heterocycles. The van der Waals surface area contributed by atoms with E-state index in [9.17, 15) is 10.1 Å². The van der Waals surface area contributed by atoms with Crippen LogP contribution in [0.4, 0.5) is 10.5 Å². The average Bonchev–Trinajstić information content (AvgIpc) is 2.61. The smallest absolute Gasteiger partial charge is 0.412 e. The molecule has 0 aliphatic rings. The summed E-state index contributed by atoms with van der Waals surface area (Å²) in [6.45, 7) is 0.154. The number of ether oxygens (including phenoxy) is 1. The van der Waals surface area contributed by atoms with Gasteiger partial charge in [-0.3, -0.25) is 10.3 Å². The highest BCUT2D eigenvalue weighted by Gasteiger charge is 2.14. The van der Waals surface area contributed by atoms with Crippen molar-refractivity contribution in [1.29, 1.82) is 5.26 Å². The van der Waals surface area contributed by atoms with Crippen LogP contribution in [-0.2, 0) is 11.3 Å². The summed E-state index contributed by atoms with van der Waals surface area (Å²) in [5, 5.41) is 12.6. The summed E-state index contributed by atoms with van der Waals surface area (Å²) < 4.78 is 6.00. The molecule has 0 fully saturated rings. The Bertz CT molecular complexity index is 936.